The van der Waals surface area contributed by atoms with Gasteiger partial charge in [0.15, 0.2) is 5.65 Å². The summed E-state index contributed by atoms with van der Waals surface area (Å²) in [5.74, 6) is 0.820. The minimum atomic E-state index is -2.08. The Morgan fingerprint density at radius 3 is 2.44 bits per heavy atom. The number of benzene rings is 3. The summed E-state index contributed by atoms with van der Waals surface area (Å²) in [7, 11) is 0.680. The number of furan rings is 1. The third-order valence-electron chi connectivity index (χ3n) is 7.44. The molecule has 0 fully saturated rings. The fraction of sp³-hybridized carbons (Fsp3) is 0.194. The molecule has 7 heteroatoms. The minimum absolute atomic E-state index is 0. The first-order valence-corrected chi connectivity index (χ1v) is 17.4. The second-order valence-corrected chi connectivity index (χ2v) is 16.7. The minimum Gasteiger partial charge on any atom is -0.501 e. The third-order valence-corrected chi connectivity index (χ3v) is 9.47. The van der Waals surface area contributed by atoms with E-state index in [1.807, 2.05) is 56.6 Å². The molecule has 1 radical (unpaired) electrons. The maximum atomic E-state index is 7.35. The van der Waals surface area contributed by atoms with Crippen LogP contribution in [0.2, 0.25) is 19.6 Å². The topological polar surface area (TPSA) is 56.7 Å². The van der Waals surface area contributed by atoms with Crippen LogP contribution in [0.5, 0.6) is 0 Å². The number of nitrogens with zero attached hydrogens (tertiary/aromatic N) is 4. The Balaban J connectivity index is 0.000000182. The van der Waals surface area contributed by atoms with Crippen LogP contribution in [0.3, 0.4) is 0 Å². The second-order valence-electron chi connectivity index (χ2n) is 11.6. The summed E-state index contributed by atoms with van der Waals surface area (Å²) >= 11 is 0. The number of aryl methyl sites for hydroxylation is 4. The Hall–Kier alpha value is -3.90. The van der Waals surface area contributed by atoms with Crippen LogP contribution in [0.15, 0.2) is 83.4 Å². The molecular formula is C36H34IrN4OSi-2. The average Bonchev–Trinajstić information content (AvgIpc) is 3.54. The van der Waals surface area contributed by atoms with E-state index in [0.717, 1.165) is 61.4 Å². The van der Waals surface area contributed by atoms with Crippen LogP contribution in [-0.2, 0) is 27.2 Å². The van der Waals surface area contributed by atoms with Crippen molar-refractivity contribution in [3.63, 3.8) is 0 Å². The van der Waals surface area contributed by atoms with Crippen molar-refractivity contribution >= 4 is 46.4 Å². The molecule has 0 saturated carbocycles. The van der Waals surface area contributed by atoms with E-state index in [2.05, 4.69) is 71.4 Å². The number of fused-ring (bicyclic) bond motifs is 4. The van der Waals surface area contributed by atoms with Gasteiger partial charge in [-0.05, 0) is 42.4 Å². The van der Waals surface area contributed by atoms with Crippen LogP contribution >= 0.6 is 0 Å². The molecule has 0 atom stereocenters. The maximum absolute atomic E-state index is 7.35. The number of aromatic nitrogens is 4. The second kappa shape index (κ2) is 12.0. The molecule has 0 aliphatic rings. The quantitative estimate of drug-likeness (QED) is 0.134. The standard InChI is InChI=1S/C21H16N3O.C15H18NSi.Ir/c1-12-11-13(2)22-20-18(12)24(3)21(23-20)16-9-6-8-15-14-7-4-5-10-17(14)25-19(15)16;1-12-5-7-13(8-6-12)15-10-9-14(11-16-15)17(2,3)4;/h4-8,10-11H,1-3H3;5-7,9-11H,1-4H3;/q2*-1;/i;1D3;. The monoisotopic (exact) mass is 762 g/mol. The third kappa shape index (κ3) is 5.98. The van der Waals surface area contributed by atoms with Gasteiger partial charge in [0.1, 0.15) is 5.58 Å². The summed E-state index contributed by atoms with van der Waals surface area (Å²) in [6, 6.07) is 29.5. The number of hydrogen-bond acceptors (Lipinski definition) is 4. The summed E-state index contributed by atoms with van der Waals surface area (Å²) in [5.41, 5.74) is 8.45. The molecule has 0 N–H and O–H groups in total. The average molecular weight is 762 g/mol. The van der Waals surface area contributed by atoms with E-state index in [1.54, 1.807) is 12.1 Å². The summed E-state index contributed by atoms with van der Waals surface area (Å²) in [4.78, 5) is 13.8. The van der Waals surface area contributed by atoms with Crippen molar-refractivity contribution in [3.05, 3.63) is 108 Å². The van der Waals surface area contributed by atoms with Crippen molar-refractivity contribution in [2.45, 2.75) is 40.3 Å². The number of imidazole rings is 1. The van der Waals surface area contributed by atoms with E-state index in [0.29, 0.717) is 5.56 Å². The normalized spacial score (nSPS) is 12.7. The number of pyridine rings is 2. The molecule has 7 aromatic rings. The smallest absolute Gasteiger partial charge is 0.168 e. The van der Waals surface area contributed by atoms with Crippen molar-refractivity contribution in [2.24, 2.45) is 7.05 Å². The molecule has 4 heterocycles. The van der Waals surface area contributed by atoms with E-state index in [9.17, 15) is 0 Å². The van der Waals surface area contributed by atoms with Crippen LogP contribution in [-0.4, -0.2) is 27.6 Å². The molecule has 0 aliphatic carbocycles. The molecule has 7 rings (SSSR count). The van der Waals surface area contributed by atoms with Gasteiger partial charge in [-0.15, -0.1) is 53.6 Å². The maximum Gasteiger partial charge on any atom is 0.168 e. The molecule has 0 unspecified atom stereocenters. The summed E-state index contributed by atoms with van der Waals surface area (Å²) in [6.07, 6.45) is 1.92. The number of para-hydroxylation sites is 1. The molecular weight excluding hydrogens is 725 g/mol. The summed E-state index contributed by atoms with van der Waals surface area (Å²) < 4.78 is 30.3. The predicted octanol–water partition coefficient (Wildman–Crippen LogP) is 8.35. The Morgan fingerprint density at radius 1 is 0.930 bits per heavy atom. The van der Waals surface area contributed by atoms with Gasteiger partial charge in [-0.25, -0.2) is 4.98 Å². The first kappa shape index (κ1) is 26.7. The molecule has 43 heavy (non-hydrogen) atoms. The van der Waals surface area contributed by atoms with E-state index in [-0.39, 0.29) is 20.1 Å². The van der Waals surface area contributed by atoms with Crippen molar-refractivity contribution in [3.8, 4) is 22.6 Å². The van der Waals surface area contributed by atoms with Crippen LogP contribution in [0.1, 0.15) is 20.9 Å². The van der Waals surface area contributed by atoms with Gasteiger partial charge in [-0.3, -0.25) is 4.98 Å². The Kier molecular flexibility index (Phi) is 7.45. The Bertz CT molecular complexity index is 2110. The summed E-state index contributed by atoms with van der Waals surface area (Å²) in [5, 5.41) is 3.49. The molecule has 219 valence electrons. The molecule has 3 aromatic carbocycles. The van der Waals surface area contributed by atoms with Gasteiger partial charge >= 0.3 is 0 Å². The molecule has 0 bridgehead atoms. The van der Waals surface area contributed by atoms with Gasteiger partial charge in [-0.1, -0.05) is 67.8 Å². The predicted molar refractivity (Wildman–Crippen MR) is 176 cm³/mol. The molecule has 0 spiro atoms. The molecule has 0 saturated heterocycles. The van der Waals surface area contributed by atoms with E-state index < -0.39 is 14.9 Å². The van der Waals surface area contributed by atoms with Gasteiger partial charge in [0.2, 0.25) is 0 Å². The van der Waals surface area contributed by atoms with Crippen molar-refractivity contribution < 1.29 is 28.6 Å². The van der Waals surface area contributed by atoms with Crippen molar-refractivity contribution in [2.75, 3.05) is 0 Å². The van der Waals surface area contributed by atoms with Crippen molar-refractivity contribution in [1.29, 1.82) is 0 Å². The fourth-order valence-electron chi connectivity index (χ4n) is 5.25. The Labute approximate surface area is 271 Å². The van der Waals surface area contributed by atoms with Gasteiger partial charge < -0.3 is 14.0 Å². The van der Waals surface area contributed by atoms with E-state index in [4.69, 9.17) is 13.5 Å². The van der Waals surface area contributed by atoms with Crippen LogP contribution < -0.4 is 5.19 Å². The van der Waals surface area contributed by atoms with E-state index >= 15 is 0 Å². The molecule has 4 aromatic heterocycles. The van der Waals surface area contributed by atoms with Crippen LogP contribution in [0.25, 0.3) is 55.7 Å². The first-order valence-electron chi connectivity index (χ1n) is 15.4. The number of hydrogen-bond donors (Lipinski definition) is 0. The van der Waals surface area contributed by atoms with Crippen LogP contribution in [0.4, 0.5) is 0 Å². The van der Waals surface area contributed by atoms with Gasteiger partial charge in [0, 0.05) is 48.5 Å². The van der Waals surface area contributed by atoms with Gasteiger partial charge in [0.25, 0.3) is 0 Å². The molecule has 5 nitrogen and oxygen atoms in total. The van der Waals surface area contributed by atoms with Crippen molar-refractivity contribution in [1.82, 2.24) is 19.5 Å². The van der Waals surface area contributed by atoms with Gasteiger partial charge in [0.05, 0.1) is 25.0 Å². The molecule has 0 aliphatic heterocycles. The Morgan fingerprint density at radius 2 is 1.74 bits per heavy atom. The molecule has 0 amide bonds. The summed E-state index contributed by atoms with van der Waals surface area (Å²) in [6.45, 7) is 8.84. The largest absolute Gasteiger partial charge is 0.501 e. The van der Waals surface area contributed by atoms with E-state index in [1.165, 1.54) is 16.8 Å². The zero-order valence-corrected chi connectivity index (χ0v) is 28.4. The first-order chi connectivity index (χ1) is 21.3. The van der Waals surface area contributed by atoms with Crippen LogP contribution in [0, 0.1) is 32.8 Å². The number of rotatable bonds is 3. The van der Waals surface area contributed by atoms with Gasteiger partial charge in [-0.2, -0.15) is 0 Å². The zero-order valence-electron chi connectivity index (χ0n) is 28.0. The SMILES string of the molecule is Cc1cc(C)c2c(n1)nc(-c1[c-]ccc3c1oc1ccccc13)n2C.[2H]C([2H])([2H])c1c[c-]c(-c2ccc([Si](C)(C)C)cn2)cc1.[Ir]. The fourth-order valence-corrected chi connectivity index (χ4v) is 6.28. The zero-order chi connectivity index (χ0) is 32.1.